The minimum atomic E-state index is -0.112. The molecule has 2 N–H and O–H groups in total. The highest BCUT2D eigenvalue weighted by atomic mass is 16.5. The summed E-state index contributed by atoms with van der Waals surface area (Å²) in [7, 11) is 1.66. The average molecular weight is 267 g/mol. The lowest BCUT2D eigenvalue weighted by Crippen LogP contribution is -2.27. The Bertz CT molecular complexity index is 340. The average Bonchev–Trinajstić information content (AvgIpc) is 2.42. The molecule has 0 aliphatic heterocycles. The molecule has 2 atom stereocenters. The quantitative estimate of drug-likeness (QED) is 0.696. The largest absolute Gasteiger partial charge is 0.382 e. The Kier molecular flexibility index (Phi) is 7.67. The van der Waals surface area contributed by atoms with Crippen molar-refractivity contribution in [3.8, 4) is 0 Å². The van der Waals surface area contributed by atoms with Gasteiger partial charge in [0.1, 0.15) is 0 Å². The van der Waals surface area contributed by atoms with Crippen LogP contribution in [0, 0.1) is 6.92 Å². The van der Waals surface area contributed by atoms with Gasteiger partial charge in [0.2, 0.25) is 0 Å². The van der Waals surface area contributed by atoms with Crippen LogP contribution in [0.15, 0.2) is 24.3 Å². The lowest BCUT2D eigenvalue weighted by molar-refractivity contribution is -0.00842. The molecule has 0 bridgehead atoms. The zero-order valence-electron chi connectivity index (χ0n) is 12.1. The van der Waals surface area contributed by atoms with E-state index in [0.717, 1.165) is 5.56 Å². The van der Waals surface area contributed by atoms with E-state index in [1.165, 1.54) is 5.56 Å². The zero-order valence-corrected chi connectivity index (χ0v) is 12.1. The number of nitrogens with two attached hydrogens (primary N) is 1. The number of rotatable bonds is 9. The van der Waals surface area contributed by atoms with Crippen LogP contribution in [0.3, 0.4) is 0 Å². The van der Waals surface area contributed by atoms with E-state index in [4.69, 9.17) is 19.9 Å². The summed E-state index contributed by atoms with van der Waals surface area (Å²) in [6.07, 6.45) is -0.0336. The summed E-state index contributed by atoms with van der Waals surface area (Å²) in [5.41, 5.74) is 8.49. The van der Waals surface area contributed by atoms with Gasteiger partial charge in [0.05, 0.1) is 38.6 Å². The van der Waals surface area contributed by atoms with Crippen LogP contribution in [0.1, 0.15) is 24.1 Å². The van der Waals surface area contributed by atoms with Gasteiger partial charge in [-0.2, -0.15) is 0 Å². The van der Waals surface area contributed by atoms with E-state index in [0.29, 0.717) is 26.4 Å². The van der Waals surface area contributed by atoms with Gasteiger partial charge in [0.25, 0.3) is 0 Å². The van der Waals surface area contributed by atoms with E-state index < -0.39 is 0 Å². The molecule has 0 saturated carbocycles. The summed E-state index contributed by atoms with van der Waals surface area (Å²) in [6.45, 7) is 6.36. The minimum Gasteiger partial charge on any atom is -0.382 e. The van der Waals surface area contributed by atoms with Gasteiger partial charge in [-0.15, -0.1) is 0 Å². The molecule has 0 aliphatic rings. The maximum atomic E-state index is 6.17. The van der Waals surface area contributed by atoms with Crippen molar-refractivity contribution in [3.63, 3.8) is 0 Å². The maximum Gasteiger partial charge on any atom is 0.0740 e. The Balaban J connectivity index is 2.25. The van der Waals surface area contributed by atoms with Crippen molar-refractivity contribution in [2.75, 3.05) is 33.5 Å². The lowest BCUT2D eigenvalue weighted by Gasteiger charge is -2.21. The highest BCUT2D eigenvalue weighted by Crippen LogP contribution is 2.16. The Labute approximate surface area is 115 Å². The number of hydrogen-bond acceptors (Lipinski definition) is 4. The summed E-state index contributed by atoms with van der Waals surface area (Å²) in [5, 5.41) is 0. The predicted molar refractivity (Wildman–Crippen MR) is 76.2 cm³/mol. The highest BCUT2D eigenvalue weighted by Gasteiger charge is 2.14. The summed E-state index contributed by atoms with van der Waals surface area (Å²) < 4.78 is 15.9. The van der Waals surface area contributed by atoms with Gasteiger partial charge in [-0.05, 0) is 19.4 Å². The molecule has 0 spiro atoms. The smallest absolute Gasteiger partial charge is 0.0740 e. The van der Waals surface area contributed by atoms with Crippen molar-refractivity contribution < 1.29 is 14.2 Å². The summed E-state index contributed by atoms with van der Waals surface area (Å²) in [6, 6.07) is 8.12. The van der Waals surface area contributed by atoms with E-state index in [1.54, 1.807) is 7.11 Å². The van der Waals surface area contributed by atoms with Crippen LogP contribution in [0.5, 0.6) is 0 Å². The first kappa shape index (κ1) is 16.1. The Morgan fingerprint density at radius 3 is 2.32 bits per heavy atom. The van der Waals surface area contributed by atoms with Crippen molar-refractivity contribution in [1.82, 2.24) is 0 Å². The Morgan fingerprint density at radius 1 is 1.05 bits per heavy atom. The molecular weight excluding hydrogens is 242 g/mol. The van der Waals surface area contributed by atoms with Crippen LogP contribution in [-0.2, 0) is 14.2 Å². The van der Waals surface area contributed by atoms with Gasteiger partial charge < -0.3 is 19.9 Å². The van der Waals surface area contributed by atoms with E-state index in [9.17, 15) is 0 Å². The van der Waals surface area contributed by atoms with Crippen LogP contribution in [0.4, 0.5) is 0 Å². The molecule has 4 nitrogen and oxygen atoms in total. The molecule has 4 heteroatoms. The molecule has 0 aliphatic carbocycles. The minimum absolute atomic E-state index is 0.0336. The second-order valence-corrected chi connectivity index (χ2v) is 4.62. The third kappa shape index (κ3) is 6.16. The molecule has 0 aromatic heterocycles. The van der Waals surface area contributed by atoms with Crippen LogP contribution < -0.4 is 5.73 Å². The molecule has 19 heavy (non-hydrogen) atoms. The van der Waals surface area contributed by atoms with Gasteiger partial charge in [-0.1, -0.05) is 29.8 Å². The van der Waals surface area contributed by atoms with Gasteiger partial charge >= 0.3 is 0 Å². The number of benzene rings is 1. The molecule has 0 radical (unpaired) electrons. The van der Waals surface area contributed by atoms with Gasteiger partial charge in [-0.25, -0.2) is 0 Å². The number of hydrogen-bond donors (Lipinski definition) is 1. The van der Waals surface area contributed by atoms with Crippen molar-refractivity contribution >= 4 is 0 Å². The molecule has 0 amide bonds. The highest BCUT2D eigenvalue weighted by molar-refractivity contribution is 5.24. The SMILES string of the molecule is COCCOCCOC(C)C(N)c1ccc(C)cc1. The normalized spacial score (nSPS) is 14.3. The lowest BCUT2D eigenvalue weighted by atomic mass is 10.0. The Hall–Kier alpha value is -0.940. The third-order valence-electron chi connectivity index (χ3n) is 3.01. The number of aryl methyl sites for hydroxylation is 1. The molecule has 1 aromatic rings. The summed E-state index contributed by atoms with van der Waals surface area (Å²) in [4.78, 5) is 0. The second kappa shape index (κ2) is 9.04. The van der Waals surface area contributed by atoms with Crippen LogP contribution in [0.25, 0.3) is 0 Å². The van der Waals surface area contributed by atoms with Crippen LogP contribution in [-0.4, -0.2) is 39.6 Å². The molecule has 1 rings (SSSR count). The first-order valence-corrected chi connectivity index (χ1v) is 6.65. The molecule has 108 valence electrons. The molecular formula is C15H25NO3. The maximum absolute atomic E-state index is 6.17. The Morgan fingerprint density at radius 2 is 1.68 bits per heavy atom. The molecule has 0 fully saturated rings. The predicted octanol–water partition coefficient (Wildman–Crippen LogP) is 2.06. The van der Waals surface area contributed by atoms with E-state index in [1.807, 2.05) is 6.92 Å². The standard InChI is InChI=1S/C15H25NO3/c1-12-4-6-14(7-5-12)15(16)13(2)19-11-10-18-9-8-17-3/h4-7,13,15H,8-11,16H2,1-3H3. The summed E-state index contributed by atoms with van der Waals surface area (Å²) in [5.74, 6) is 0. The van der Waals surface area contributed by atoms with Gasteiger partial charge in [0.15, 0.2) is 0 Å². The topological polar surface area (TPSA) is 53.7 Å². The van der Waals surface area contributed by atoms with Crippen molar-refractivity contribution in [2.24, 2.45) is 5.73 Å². The zero-order chi connectivity index (χ0) is 14.1. The summed E-state index contributed by atoms with van der Waals surface area (Å²) >= 11 is 0. The molecule has 0 heterocycles. The second-order valence-electron chi connectivity index (χ2n) is 4.62. The fourth-order valence-corrected chi connectivity index (χ4v) is 1.70. The van der Waals surface area contributed by atoms with Crippen LogP contribution >= 0.6 is 0 Å². The number of methoxy groups -OCH3 is 1. The van der Waals surface area contributed by atoms with Crippen molar-refractivity contribution in [3.05, 3.63) is 35.4 Å². The monoisotopic (exact) mass is 267 g/mol. The van der Waals surface area contributed by atoms with E-state index >= 15 is 0 Å². The van der Waals surface area contributed by atoms with Crippen molar-refractivity contribution in [1.29, 1.82) is 0 Å². The van der Waals surface area contributed by atoms with Crippen LogP contribution in [0.2, 0.25) is 0 Å². The number of ether oxygens (including phenoxy) is 3. The van der Waals surface area contributed by atoms with E-state index in [2.05, 4.69) is 31.2 Å². The van der Waals surface area contributed by atoms with Crippen molar-refractivity contribution in [2.45, 2.75) is 26.0 Å². The molecule has 2 unspecified atom stereocenters. The molecule has 0 saturated heterocycles. The van der Waals surface area contributed by atoms with Gasteiger partial charge in [0, 0.05) is 7.11 Å². The van der Waals surface area contributed by atoms with E-state index in [-0.39, 0.29) is 12.1 Å². The fourth-order valence-electron chi connectivity index (χ4n) is 1.70. The first-order valence-electron chi connectivity index (χ1n) is 6.65. The van der Waals surface area contributed by atoms with Gasteiger partial charge in [-0.3, -0.25) is 0 Å². The third-order valence-corrected chi connectivity index (χ3v) is 3.01. The fraction of sp³-hybridized carbons (Fsp3) is 0.600. The molecule has 1 aromatic carbocycles. The first-order chi connectivity index (χ1) is 9.15.